The molecule has 2 aromatic rings. The van der Waals surface area contributed by atoms with Crippen LogP contribution in [-0.2, 0) is 9.53 Å². The minimum atomic E-state index is -0.606. The summed E-state index contributed by atoms with van der Waals surface area (Å²) in [7, 11) is 0. The Bertz CT molecular complexity index is 1090. The van der Waals surface area contributed by atoms with Crippen LogP contribution in [0.5, 0.6) is 0 Å². The lowest BCUT2D eigenvalue weighted by Crippen LogP contribution is -2.52. The van der Waals surface area contributed by atoms with Gasteiger partial charge in [-0.15, -0.1) is 0 Å². The lowest BCUT2D eigenvalue weighted by molar-refractivity contribution is -0.133. The van der Waals surface area contributed by atoms with Crippen LogP contribution in [0.3, 0.4) is 0 Å². The Morgan fingerprint density at radius 1 is 1.25 bits per heavy atom. The molecule has 5 rings (SSSR count). The van der Waals surface area contributed by atoms with Gasteiger partial charge in [0.05, 0.1) is 17.7 Å². The molecule has 0 bridgehead atoms. The molecule has 2 N–H and O–H groups in total. The second kappa shape index (κ2) is 11.1. The maximum Gasteiger partial charge on any atom is 0.231 e. The number of piperazine rings is 1. The van der Waals surface area contributed by atoms with Crippen molar-refractivity contribution in [2.75, 3.05) is 50.8 Å². The summed E-state index contributed by atoms with van der Waals surface area (Å²) in [6.07, 6.45) is 3.39. The van der Waals surface area contributed by atoms with E-state index in [9.17, 15) is 14.3 Å². The van der Waals surface area contributed by atoms with Gasteiger partial charge in [0.15, 0.2) is 0 Å². The Morgan fingerprint density at radius 2 is 2.00 bits per heavy atom. The van der Waals surface area contributed by atoms with Crippen LogP contribution in [-0.4, -0.2) is 77.9 Å². The number of nitrogens with one attached hydrogen (secondary N) is 1. The largest absolute Gasteiger partial charge is 0.387 e. The van der Waals surface area contributed by atoms with Crippen molar-refractivity contribution >= 4 is 27.7 Å². The molecule has 0 radical (unpaired) electrons. The Kier molecular flexibility index (Phi) is 7.85. The quantitative estimate of drug-likeness (QED) is 0.560. The number of carbonyl (C=O) groups is 1. The van der Waals surface area contributed by atoms with Crippen LogP contribution in [0.15, 0.2) is 29.0 Å². The van der Waals surface area contributed by atoms with Crippen molar-refractivity contribution in [2.24, 2.45) is 0 Å². The topological polar surface area (TPSA) is 90.8 Å². The van der Waals surface area contributed by atoms with Crippen molar-refractivity contribution in [1.82, 2.24) is 20.2 Å². The minimum absolute atomic E-state index is 0.0628. The van der Waals surface area contributed by atoms with Crippen LogP contribution in [0.2, 0.25) is 0 Å². The highest BCUT2D eigenvalue weighted by Crippen LogP contribution is 2.42. The number of rotatable bonds is 6. The molecule has 2 aliphatic heterocycles. The third-order valence-corrected chi connectivity index (χ3v) is 8.13. The maximum atomic E-state index is 15.0. The van der Waals surface area contributed by atoms with E-state index in [2.05, 4.69) is 43.0 Å². The van der Waals surface area contributed by atoms with Crippen LogP contribution >= 0.6 is 15.9 Å². The number of aromatic nitrogens is 2. The minimum Gasteiger partial charge on any atom is -0.387 e. The zero-order chi connectivity index (χ0) is 25.2. The summed E-state index contributed by atoms with van der Waals surface area (Å²) in [5, 5.41) is 13.8. The number of hydrogen-bond acceptors (Lipinski definition) is 7. The number of fused-ring (bicyclic) bond motifs is 1. The van der Waals surface area contributed by atoms with Gasteiger partial charge in [0.25, 0.3) is 0 Å². The van der Waals surface area contributed by atoms with E-state index in [0.29, 0.717) is 62.4 Å². The number of hydrogen-bond donors (Lipinski definition) is 2. The van der Waals surface area contributed by atoms with Crippen molar-refractivity contribution in [2.45, 2.75) is 50.2 Å². The fourth-order valence-electron chi connectivity index (χ4n) is 5.61. The summed E-state index contributed by atoms with van der Waals surface area (Å²) in [5.74, 6) is -0.00273. The Balaban J connectivity index is 1.30. The van der Waals surface area contributed by atoms with Crippen LogP contribution in [0.4, 0.5) is 10.2 Å². The van der Waals surface area contributed by atoms with Gasteiger partial charge >= 0.3 is 0 Å². The van der Waals surface area contributed by atoms with Crippen LogP contribution in [0.25, 0.3) is 0 Å². The van der Waals surface area contributed by atoms with Gasteiger partial charge in [-0.2, -0.15) is 0 Å². The smallest absolute Gasteiger partial charge is 0.231 e. The molecule has 2 fully saturated rings. The lowest BCUT2D eigenvalue weighted by atomic mass is 9.95. The molecule has 0 saturated carbocycles. The molecule has 3 atom stereocenters. The van der Waals surface area contributed by atoms with Gasteiger partial charge in [-0.05, 0) is 37.3 Å². The van der Waals surface area contributed by atoms with Gasteiger partial charge in [0.1, 0.15) is 18.0 Å². The summed E-state index contributed by atoms with van der Waals surface area (Å²) in [6.45, 7) is 6.19. The Morgan fingerprint density at radius 3 is 2.72 bits per heavy atom. The molecule has 10 heteroatoms. The second-order valence-electron chi connectivity index (χ2n) is 9.97. The number of amides is 1. The summed E-state index contributed by atoms with van der Waals surface area (Å²) < 4.78 is 21.1. The number of aliphatic hydroxyl groups excluding tert-OH is 1. The van der Waals surface area contributed by atoms with Gasteiger partial charge in [-0.25, -0.2) is 14.4 Å². The molecule has 8 nitrogen and oxygen atoms in total. The first kappa shape index (κ1) is 25.5. The van der Waals surface area contributed by atoms with Crippen LogP contribution in [0.1, 0.15) is 60.9 Å². The fourth-order valence-corrected chi connectivity index (χ4v) is 5.95. The van der Waals surface area contributed by atoms with Gasteiger partial charge in [-0.1, -0.05) is 28.9 Å². The predicted octanol–water partition coefficient (Wildman–Crippen LogP) is 3.12. The number of ether oxygens (including phenoxy) is 1. The first-order valence-electron chi connectivity index (χ1n) is 12.7. The highest BCUT2D eigenvalue weighted by molar-refractivity contribution is 9.10. The van der Waals surface area contributed by atoms with Gasteiger partial charge < -0.3 is 25.0 Å². The fraction of sp³-hybridized carbons (Fsp3) is 0.577. The number of anilines is 1. The summed E-state index contributed by atoms with van der Waals surface area (Å²) in [4.78, 5) is 26.6. The van der Waals surface area contributed by atoms with E-state index < -0.39 is 12.0 Å². The zero-order valence-corrected chi connectivity index (χ0v) is 22.1. The number of carbonyl (C=O) groups excluding carboxylic acids is 1. The van der Waals surface area contributed by atoms with E-state index in [-0.39, 0.29) is 23.7 Å². The number of nitrogens with zero attached hydrogens (tertiary/aromatic N) is 4. The van der Waals surface area contributed by atoms with Crippen molar-refractivity contribution < 1.29 is 19.0 Å². The Hall–Kier alpha value is -2.14. The van der Waals surface area contributed by atoms with Gasteiger partial charge in [-0.3, -0.25) is 4.79 Å². The van der Waals surface area contributed by atoms with Crippen molar-refractivity contribution in [1.29, 1.82) is 0 Å². The lowest BCUT2D eigenvalue weighted by Gasteiger charge is -2.38. The molecule has 1 amide bonds. The molecule has 2 saturated heterocycles. The van der Waals surface area contributed by atoms with Crippen molar-refractivity contribution in [3.63, 3.8) is 0 Å². The first-order chi connectivity index (χ1) is 17.4. The first-order valence-corrected chi connectivity index (χ1v) is 13.5. The number of aliphatic hydroxyl groups is 1. The van der Waals surface area contributed by atoms with Crippen LogP contribution < -0.4 is 10.2 Å². The highest BCUT2D eigenvalue weighted by atomic mass is 79.9. The molecule has 1 aromatic heterocycles. The molecule has 3 aliphatic rings. The molecule has 3 heterocycles. The molecule has 1 aromatic carbocycles. The average Bonchev–Trinajstić information content (AvgIpc) is 3.19. The van der Waals surface area contributed by atoms with Crippen LogP contribution in [0, 0.1) is 5.82 Å². The molecule has 36 heavy (non-hydrogen) atoms. The number of halogens is 2. The highest BCUT2D eigenvalue weighted by Gasteiger charge is 2.35. The summed E-state index contributed by atoms with van der Waals surface area (Å²) in [6, 6.07) is 5.19. The maximum absolute atomic E-state index is 15.0. The average molecular weight is 562 g/mol. The van der Waals surface area contributed by atoms with E-state index in [4.69, 9.17) is 4.74 Å². The van der Waals surface area contributed by atoms with Crippen molar-refractivity contribution in [3.8, 4) is 0 Å². The number of benzene rings is 1. The molecule has 0 spiro atoms. The third-order valence-electron chi connectivity index (χ3n) is 7.64. The van der Waals surface area contributed by atoms with Gasteiger partial charge in [0, 0.05) is 67.6 Å². The zero-order valence-electron chi connectivity index (χ0n) is 20.5. The predicted molar refractivity (Wildman–Crippen MR) is 138 cm³/mol. The molecule has 194 valence electrons. The summed E-state index contributed by atoms with van der Waals surface area (Å²) >= 11 is 3.32. The third kappa shape index (κ3) is 5.27. The molecule has 1 aliphatic carbocycles. The van der Waals surface area contributed by atoms with E-state index in [1.807, 2.05) is 4.90 Å². The monoisotopic (exact) mass is 561 g/mol. The van der Waals surface area contributed by atoms with E-state index in [1.54, 1.807) is 12.1 Å². The molecule has 1 unspecified atom stereocenters. The molecular formula is C26H33BrFN5O3. The van der Waals surface area contributed by atoms with E-state index >= 15 is 0 Å². The van der Waals surface area contributed by atoms with E-state index in [1.165, 1.54) is 12.4 Å². The Labute approximate surface area is 219 Å². The molecular weight excluding hydrogens is 529 g/mol. The normalized spacial score (nSPS) is 23.6. The van der Waals surface area contributed by atoms with Crippen molar-refractivity contribution in [3.05, 3.63) is 51.6 Å². The second-order valence-corrected chi connectivity index (χ2v) is 10.9. The summed E-state index contributed by atoms with van der Waals surface area (Å²) in [5.41, 5.74) is 2.15. The SMILES string of the molecule is C[C@@H]1C[C@@H](O)c2ncnc(N3CCN(C(=O)C(CNC4CCOCC4)c4ccc(Br)cc4F)CC3)c21. The van der Waals surface area contributed by atoms with Gasteiger partial charge in [0.2, 0.25) is 5.91 Å². The van der Waals surface area contributed by atoms with E-state index in [0.717, 1.165) is 29.9 Å². The standard InChI is InChI=1S/C26H33BrFN5O3/c1-16-12-22(34)24-23(16)25(31-15-30-24)32-6-8-33(9-7-32)26(35)20(14-29-18-4-10-36-11-5-18)19-3-2-17(27)13-21(19)28/h2-3,13,15-16,18,20,22,29,34H,4-12,14H2,1H3/t16-,20?,22-/m1/s1.